The number of imidazole rings is 1. The molecule has 0 aliphatic rings. The van der Waals surface area contributed by atoms with Crippen LogP contribution in [-0.4, -0.2) is 44.0 Å². The largest absolute Gasteiger partial charge is 0.461 e. The number of halogens is 4. The predicted molar refractivity (Wildman–Crippen MR) is 117 cm³/mol. The Labute approximate surface area is 191 Å². The van der Waals surface area contributed by atoms with E-state index in [2.05, 4.69) is 40.3 Å². The molecular weight excluding hydrogens is 454 g/mol. The van der Waals surface area contributed by atoms with Gasteiger partial charge in [0, 0.05) is 55.1 Å². The Morgan fingerprint density at radius 2 is 1.85 bits per heavy atom. The number of nitrogens with one attached hydrogen (secondary N) is 3. The van der Waals surface area contributed by atoms with Crippen molar-refractivity contribution in [1.82, 2.24) is 24.9 Å². The van der Waals surface area contributed by atoms with Gasteiger partial charge in [-0.1, -0.05) is 6.07 Å². The van der Waals surface area contributed by atoms with Crippen LogP contribution >= 0.6 is 0 Å². The minimum Gasteiger partial charge on any atom is -0.428 e. The molecule has 34 heavy (non-hydrogen) atoms. The molecular formula is C22H19F4N7O. The zero-order chi connectivity index (χ0) is 24.0. The van der Waals surface area contributed by atoms with Crippen molar-refractivity contribution in [2.45, 2.75) is 19.0 Å². The van der Waals surface area contributed by atoms with Crippen LogP contribution in [0, 0.1) is 0 Å². The summed E-state index contributed by atoms with van der Waals surface area (Å²) in [6.07, 6.45) is -1.22. The van der Waals surface area contributed by atoms with Crippen LogP contribution in [0.4, 0.5) is 35.0 Å². The average Bonchev–Trinajstić information content (AvgIpc) is 3.33. The third-order valence-electron chi connectivity index (χ3n) is 4.53. The summed E-state index contributed by atoms with van der Waals surface area (Å²) in [5, 5.41) is 6.08. The number of hydrogen-bond donors (Lipinski definition) is 3. The van der Waals surface area contributed by atoms with E-state index in [1.54, 1.807) is 30.7 Å². The van der Waals surface area contributed by atoms with Crippen molar-refractivity contribution >= 4 is 17.5 Å². The maximum absolute atomic E-state index is 13.2. The molecule has 4 aromatic rings. The van der Waals surface area contributed by atoms with Crippen molar-refractivity contribution in [2.24, 2.45) is 0 Å². The highest BCUT2D eigenvalue weighted by molar-refractivity contribution is 5.65. The van der Waals surface area contributed by atoms with Crippen molar-refractivity contribution in [1.29, 1.82) is 0 Å². The molecule has 3 heterocycles. The fourth-order valence-corrected chi connectivity index (χ4v) is 2.98. The van der Waals surface area contributed by atoms with Crippen molar-refractivity contribution < 1.29 is 22.3 Å². The first-order chi connectivity index (χ1) is 16.4. The molecule has 1 aromatic carbocycles. The summed E-state index contributed by atoms with van der Waals surface area (Å²) in [7, 11) is 0. The number of ether oxygens (including phenoxy) is 1. The Hall–Kier alpha value is -4.22. The Kier molecular flexibility index (Phi) is 6.85. The van der Waals surface area contributed by atoms with Gasteiger partial charge in [-0.2, -0.15) is 17.6 Å². The molecule has 0 unspecified atom stereocenters. The number of H-pyrrole nitrogens is 1. The first-order valence-corrected chi connectivity index (χ1v) is 10.1. The molecule has 0 atom stereocenters. The monoisotopic (exact) mass is 473 g/mol. The van der Waals surface area contributed by atoms with Gasteiger partial charge in [-0.05, 0) is 30.3 Å². The van der Waals surface area contributed by atoms with Crippen LogP contribution in [-0.2, 0) is 6.42 Å². The van der Waals surface area contributed by atoms with E-state index in [9.17, 15) is 17.6 Å². The molecule has 0 fully saturated rings. The molecule has 0 radical (unpaired) electrons. The highest BCUT2D eigenvalue weighted by atomic mass is 19.3. The van der Waals surface area contributed by atoms with Crippen molar-refractivity contribution in [3.05, 3.63) is 73.1 Å². The Balaban J connectivity index is 1.44. The van der Waals surface area contributed by atoms with Gasteiger partial charge in [0.05, 0.1) is 5.69 Å². The Morgan fingerprint density at radius 3 is 2.65 bits per heavy atom. The van der Waals surface area contributed by atoms with Gasteiger partial charge in [0.1, 0.15) is 17.4 Å². The van der Waals surface area contributed by atoms with E-state index in [0.717, 1.165) is 23.5 Å². The van der Waals surface area contributed by atoms with Crippen LogP contribution in [0.3, 0.4) is 0 Å². The van der Waals surface area contributed by atoms with E-state index in [1.807, 2.05) is 6.07 Å². The quantitative estimate of drug-likeness (QED) is 0.282. The number of pyridine rings is 1. The molecule has 0 aliphatic carbocycles. The van der Waals surface area contributed by atoms with Gasteiger partial charge < -0.3 is 20.4 Å². The standard InChI is InChI=1S/C22H19F4N7O/c23-20(24)22(25,26)34-16-3-1-2-15(13-16)32-21-31-8-5-17(33-21)14-4-7-27-19(12-14)28-9-6-18-29-10-11-30-18/h1-5,7-8,10-13,20H,6,9H2,(H,27,28)(H,29,30)(H,31,32,33). The SMILES string of the molecule is FC(F)C(F)(F)Oc1cccc(Nc2nccc(-c3ccnc(NCCc4ncc[nH]4)c3)n2)c1. The fraction of sp³-hybridized carbons (Fsp3) is 0.182. The summed E-state index contributed by atoms with van der Waals surface area (Å²) in [5.41, 5.74) is 1.65. The number of aromatic amines is 1. The predicted octanol–water partition coefficient (Wildman–Crippen LogP) is 4.90. The molecule has 176 valence electrons. The Morgan fingerprint density at radius 1 is 1.00 bits per heavy atom. The molecule has 0 saturated carbocycles. The molecule has 0 bridgehead atoms. The normalized spacial score (nSPS) is 11.4. The molecule has 3 N–H and O–H groups in total. The average molecular weight is 473 g/mol. The van der Waals surface area contributed by atoms with Gasteiger partial charge in [-0.3, -0.25) is 0 Å². The van der Waals surface area contributed by atoms with Crippen molar-refractivity contribution in [2.75, 3.05) is 17.2 Å². The fourth-order valence-electron chi connectivity index (χ4n) is 2.98. The second kappa shape index (κ2) is 10.1. The molecule has 0 saturated heterocycles. The summed E-state index contributed by atoms with van der Waals surface area (Å²) in [4.78, 5) is 20.0. The van der Waals surface area contributed by atoms with Crippen LogP contribution < -0.4 is 15.4 Å². The minimum atomic E-state index is -4.60. The maximum atomic E-state index is 13.2. The van der Waals surface area contributed by atoms with Gasteiger partial charge in [0.15, 0.2) is 0 Å². The molecule has 0 aliphatic heterocycles. The van der Waals surface area contributed by atoms with E-state index in [1.165, 1.54) is 18.3 Å². The van der Waals surface area contributed by atoms with Crippen LogP contribution in [0.2, 0.25) is 0 Å². The highest BCUT2D eigenvalue weighted by Gasteiger charge is 2.44. The Bertz CT molecular complexity index is 1220. The number of aromatic nitrogens is 5. The molecule has 12 heteroatoms. The summed E-state index contributed by atoms with van der Waals surface area (Å²) >= 11 is 0. The lowest BCUT2D eigenvalue weighted by molar-refractivity contribution is -0.253. The van der Waals surface area contributed by atoms with Crippen molar-refractivity contribution in [3.63, 3.8) is 0 Å². The van der Waals surface area contributed by atoms with E-state index in [-0.39, 0.29) is 11.6 Å². The third kappa shape index (κ3) is 5.97. The summed E-state index contributed by atoms with van der Waals surface area (Å²) in [6, 6.07) is 10.5. The van der Waals surface area contributed by atoms with Gasteiger partial charge in [0.25, 0.3) is 0 Å². The third-order valence-corrected chi connectivity index (χ3v) is 4.53. The highest BCUT2D eigenvalue weighted by Crippen LogP contribution is 2.29. The summed E-state index contributed by atoms with van der Waals surface area (Å²) in [6.45, 7) is 0.629. The number of anilines is 3. The minimum absolute atomic E-state index is 0.180. The van der Waals surface area contributed by atoms with Crippen molar-refractivity contribution in [3.8, 4) is 17.0 Å². The lowest BCUT2D eigenvalue weighted by atomic mass is 10.2. The zero-order valence-corrected chi connectivity index (χ0v) is 17.6. The van der Waals surface area contributed by atoms with Crippen LogP contribution in [0.1, 0.15) is 5.82 Å². The van der Waals surface area contributed by atoms with Gasteiger partial charge in [0.2, 0.25) is 5.95 Å². The molecule has 3 aromatic heterocycles. The molecule has 8 nitrogen and oxygen atoms in total. The van der Waals surface area contributed by atoms with Crippen LogP contribution in [0.15, 0.2) is 67.3 Å². The second-order valence-corrected chi connectivity index (χ2v) is 7.03. The first-order valence-electron chi connectivity index (χ1n) is 10.1. The maximum Gasteiger partial charge on any atom is 0.461 e. The zero-order valence-electron chi connectivity index (χ0n) is 17.6. The van der Waals surface area contributed by atoms with Gasteiger partial charge in [-0.15, -0.1) is 0 Å². The second-order valence-electron chi connectivity index (χ2n) is 7.03. The van der Waals surface area contributed by atoms with E-state index < -0.39 is 18.3 Å². The van der Waals surface area contributed by atoms with E-state index in [4.69, 9.17) is 0 Å². The van der Waals surface area contributed by atoms with Gasteiger partial charge >= 0.3 is 12.5 Å². The molecule has 0 amide bonds. The number of nitrogens with zero attached hydrogens (tertiary/aromatic N) is 4. The summed E-state index contributed by atoms with van der Waals surface area (Å²) in [5.74, 6) is 1.27. The molecule has 4 rings (SSSR count). The smallest absolute Gasteiger partial charge is 0.428 e. The summed E-state index contributed by atoms with van der Waals surface area (Å²) < 4.78 is 55.3. The molecule has 0 spiro atoms. The number of rotatable bonds is 10. The van der Waals surface area contributed by atoms with E-state index >= 15 is 0 Å². The lowest BCUT2D eigenvalue weighted by Crippen LogP contribution is -2.33. The number of benzene rings is 1. The van der Waals surface area contributed by atoms with Crippen LogP contribution in [0.25, 0.3) is 11.3 Å². The van der Waals surface area contributed by atoms with E-state index in [0.29, 0.717) is 24.5 Å². The van der Waals surface area contributed by atoms with Gasteiger partial charge in [-0.25, -0.2) is 19.9 Å². The lowest BCUT2D eigenvalue weighted by Gasteiger charge is -2.17. The topological polar surface area (TPSA) is 101 Å². The first kappa shape index (κ1) is 23.0. The van der Waals surface area contributed by atoms with Crippen LogP contribution in [0.5, 0.6) is 5.75 Å². The number of alkyl halides is 4. The number of hydrogen-bond acceptors (Lipinski definition) is 7.